The van der Waals surface area contributed by atoms with E-state index in [4.69, 9.17) is 5.26 Å². The van der Waals surface area contributed by atoms with E-state index in [0.29, 0.717) is 0 Å². The van der Waals surface area contributed by atoms with Crippen LogP contribution in [0, 0.1) is 0 Å². The molecule has 0 atom stereocenters. The van der Waals surface area contributed by atoms with Crippen LogP contribution >= 0.6 is 0 Å². The quantitative estimate of drug-likeness (QED) is 0.341. The molecule has 0 aliphatic carbocycles. The minimum atomic E-state index is -0.182. The van der Waals surface area contributed by atoms with Gasteiger partial charge in [-0.2, -0.15) is 0 Å². The van der Waals surface area contributed by atoms with Gasteiger partial charge in [0, 0.05) is 0 Å². The van der Waals surface area contributed by atoms with Crippen LogP contribution in [0.15, 0.2) is 0 Å². The zero-order valence-corrected chi connectivity index (χ0v) is 5.47. The summed E-state index contributed by atoms with van der Waals surface area (Å²) in [5.41, 5.74) is 0. The van der Waals surface area contributed by atoms with Gasteiger partial charge in [-0.05, 0) is 39.0 Å². The Morgan fingerprint density at radius 2 is 1.60 bits per heavy atom. The highest BCUT2D eigenvalue weighted by atomic mass is 17.9. The molecular formula is C3H8O7. The second kappa shape index (κ2) is 6.83. The summed E-state index contributed by atoms with van der Waals surface area (Å²) in [6.07, 6.45) is -0.182. The molecule has 7 heteroatoms. The lowest BCUT2D eigenvalue weighted by Gasteiger charge is -2.01. The molecule has 0 radical (unpaired) electrons. The summed E-state index contributed by atoms with van der Waals surface area (Å²) in [6.45, 7) is 3.40. The van der Waals surface area contributed by atoms with Crippen LogP contribution in [0.2, 0.25) is 0 Å². The van der Waals surface area contributed by atoms with E-state index in [0.717, 1.165) is 0 Å². The van der Waals surface area contributed by atoms with E-state index in [-0.39, 0.29) is 6.10 Å². The fourth-order valence-corrected chi connectivity index (χ4v) is 0.130. The van der Waals surface area contributed by atoms with Crippen LogP contribution in [-0.4, -0.2) is 11.4 Å². The smallest absolute Gasteiger partial charge is 0.0906 e. The highest BCUT2D eigenvalue weighted by Gasteiger charge is 1.95. The molecule has 0 saturated heterocycles. The van der Waals surface area contributed by atoms with Gasteiger partial charge >= 0.3 is 0 Å². The van der Waals surface area contributed by atoms with E-state index in [9.17, 15) is 0 Å². The number of hydrogen-bond acceptors (Lipinski definition) is 7. The summed E-state index contributed by atoms with van der Waals surface area (Å²) in [6, 6.07) is 0. The van der Waals surface area contributed by atoms with Gasteiger partial charge in [0.1, 0.15) is 0 Å². The average molecular weight is 156 g/mol. The van der Waals surface area contributed by atoms with Gasteiger partial charge < -0.3 is 0 Å². The number of rotatable bonds is 6. The van der Waals surface area contributed by atoms with Gasteiger partial charge in [-0.3, -0.25) is 0 Å². The zero-order valence-electron chi connectivity index (χ0n) is 5.47. The Morgan fingerprint density at radius 1 is 1.00 bits per heavy atom. The molecule has 0 aliphatic rings. The fraction of sp³-hybridized carbons (Fsp3) is 1.00. The van der Waals surface area contributed by atoms with E-state index < -0.39 is 0 Å². The molecule has 0 rings (SSSR count). The van der Waals surface area contributed by atoms with Crippen LogP contribution in [-0.2, 0) is 30.1 Å². The molecule has 0 unspecified atom stereocenters. The van der Waals surface area contributed by atoms with Crippen molar-refractivity contribution in [1.82, 2.24) is 0 Å². The summed E-state index contributed by atoms with van der Waals surface area (Å²) < 4.78 is 0. The monoisotopic (exact) mass is 156 g/mol. The van der Waals surface area contributed by atoms with Crippen LogP contribution in [0.4, 0.5) is 0 Å². The van der Waals surface area contributed by atoms with E-state index in [1.165, 1.54) is 0 Å². The maximum absolute atomic E-state index is 7.45. The van der Waals surface area contributed by atoms with E-state index in [2.05, 4.69) is 30.1 Å². The molecule has 0 amide bonds. The third kappa shape index (κ3) is 7.72. The highest BCUT2D eigenvalue weighted by Crippen LogP contribution is 1.90. The van der Waals surface area contributed by atoms with Crippen LogP contribution < -0.4 is 0 Å². The maximum atomic E-state index is 7.45. The number of hydrogen-bond donors (Lipinski definition) is 1. The molecule has 0 bridgehead atoms. The Kier molecular flexibility index (Phi) is 6.64. The van der Waals surface area contributed by atoms with Gasteiger partial charge in [0.15, 0.2) is 0 Å². The predicted molar refractivity (Wildman–Crippen MR) is 24.3 cm³/mol. The van der Waals surface area contributed by atoms with Gasteiger partial charge in [-0.25, -0.2) is 10.1 Å². The molecule has 62 valence electrons. The topological polar surface area (TPSA) is 75.6 Å². The molecule has 0 spiro atoms. The molecule has 0 heterocycles. The first-order valence-corrected chi connectivity index (χ1v) is 2.41. The van der Waals surface area contributed by atoms with E-state index in [1.54, 1.807) is 13.8 Å². The first kappa shape index (κ1) is 9.72. The standard InChI is InChI=1S/C3H8O7/c1-3(2)5-7-9-10-8-6-4/h3-4H,1-2H3. The lowest BCUT2D eigenvalue weighted by molar-refractivity contribution is -0.789. The molecule has 0 aromatic heterocycles. The van der Waals surface area contributed by atoms with Gasteiger partial charge in [0.25, 0.3) is 0 Å². The highest BCUT2D eigenvalue weighted by molar-refractivity contribution is 4.24. The Labute approximate surface area is 56.5 Å². The molecule has 10 heavy (non-hydrogen) atoms. The molecule has 0 fully saturated rings. The Hall–Kier alpha value is -0.280. The first-order chi connectivity index (χ1) is 4.77. The predicted octanol–water partition coefficient (Wildman–Crippen LogP) is 0.542. The molecule has 0 aliphatic heterocycles. The van der Waals surface area contributed by atoms with Crippen molar-refractivity contribution in [3.05, 3.63) is 0 Å². The molecule has 0 saturated carbocycles. The van der Waals surface area contributed by atoms with E-state index in [1.807, 2.05) is 0 Å². The zero-order chi connectivity index (χ0) is 7.82. The summed E-state index contributed by atoms with van der Waals surface area (Å²) in [7, 11) is 0. The van der Waals surface area contributed by atoms with Crippen molar-refractivity contribution >= 4 is 0 Å². The summed E-state index contributed by atoms with van der Waals surface area (Å²) in [4.78, 5) is 4.32. The lowest BCUT2D eigenvalue weighted by Crippen LogP contribution is -2.05. The van der Waals surface area contributed by atoms with Crippen LogP contribution in [0.1, 0.15) is 13.8 Å². The van der Waals surface area contributed by atoms with Crippen molar-refractivity contribution in [3.8, 4) is 0 Å². The van der Waals surface area contributed by atoms with Gasteiger partial charge in [0.05, 0.1) is 6.10 Å². The largest absolute Gasteiger partial charge is 0.219 e. The van der Waals surface area contributed by atoms with E-state index >= 15 is 0 Å². The average Bonchev–Trinajstić information content (AvgIpc) is 1.87. The molecule has 7 nitrogen and oxygen atoms in total. The summed E-state index contributed by atoms with van der Waals surface area (Å²) in [5.74, 6) is 0. The van der Waals surface area contributed by atoms with Gasteiger partial charge in [0.2, 0.25) is 0 Å². The van der Waals surface area contributed by atoms with Crippen molar-refractivity contribution in [2.45, 2.75) is 20.0 Å². The van der Waals surface area contributed by atoms with Crippen LogP contribution in [0.25, 0.3) is 0 Å². The Balaban J connectivity index is 2.77. The second-order valence-electron chi connectivity index (χ2n) is 1.49. The fourth-order valence-electron chi connectivity index (χ4n) is 0.130. The van der Waals surface area contributed by atoms with Crippen LogP contribution in [0.5, 0.6) is 0 Å². The molecule has 1 N–H and O–H groups in total. The van der Waals surface area contributed by atoms with Gasteiger partial charge in [-0.15, -0.1) is 0 Å². The molecular weight excluding hydrogens is 148 g/mol. The molecule has 0 aromatic rings. The van der Waals surface area contributed by atoms with Crippen LogP contribution in [0.3, 0.4) is 0 Å². The van der Waals surface area contributed by atoms with Crippen molar-refractivity contribution in [2.24, 2.45) is 0 Å². The van der Waals surface area contributed by atoms with Crippen molar-refractivity contribution in [2.75, 3.05) is 0 Å². The minimum Gasteiger partial charge on any atom is -0.219 e. The second-order valence-corrected chi connectivity index (χ2v) is 1.49. The Morgan fingerprint density at radius 3 is 2.10 bits per heavy atom. The van der Waals surface area contributed by atoms with Crippen molar-refractivity contribution in [1.29, 1.82) is 0 Å². The SMILES string of the molecule is CC(C)OOOOOOO. The van der Waals surface area contributed by atoms with Crippen molar-refractivity contribution in [3.63, 3.8) is 0 Å². The van der Waals surface area contributed by atoms with Gasteiger partial charge in [-0.1, -0.05) is 0 Å². The van der Waals surface area contributed by atoms with Crippen molar-refractivity contribution < 1.29 is 35.3 Å². The third-order valence-corrected chi connectivity index (χ3v) is 0.345. The summed E-state index contributed by atoms with van der Waals surface area (Å²) >= 11 is 0. The summed E-state index contributed by atoms with van der Waals surface area (Å²) in [5, 5.41) is 24.8. The first-order valence-electron chi connectivity index (χ1n) is 2.41. The molecule has 0 aromatic carbocycles. The normalized spacial score (nSPS) is 10.8. The third-order valence-electron chi connectivity index (χ3n) is 0.345. The minimum absolute atomic E-state index is 0.182. The maximum Gasteiger partial charge on any atom is 0.0906 e. The Bertz CT molecular complexity index is 63.9. The lowest BCUT2D eigenvalue weighted by atomic mass is 10.5.